The molecule has 0 rings (SSSR count). The summed E-state index contributed by atoms with van der Waals surface area (Å²) in [5, 5.41) is 0. The van der Waals surface area contributed by atoms with Crippen molar-refractivity contribution in [3.8, 4) is 0 Å². The second kappa shape index (κ2) is 16.4. The van der Waals surface area contributed by atoms with Gasteiger partial charge in [0.15, 0.2) is 0 Å². The molecule has 0 saturated heterocycles. The van der Waals surface area contributed by atoms with Crippen LogP contribution in [0, 0.1) is 0 Å². The van der Waals surface area contributed by atoms with Gasteiger partial charge < -0.3 is 16.4 Å². The fraction of sp³-hybridized carbons (Fsp3) is 0. The van der Waals surface area contributed by atoms with Crippen molar-refractivity contribution in [3.63, 3.8) is 0 Å². The third kappa shape index (κ3) is 3030. The molecule has 0 unspecified atom stereocenters. The van der Waals surface area contributed by atoms with E-state index in [9.17, 15) is 10.7 Å². The third-order valence-electron chi connectivity index (χ3n) is 0. The van der Waals surface area contributed by atoms with E-state index in [1.807, 2.05) is 0 Å². The molecule has 0 aromatic rings. The van der Waals surface area contributed by atoms with Crippen LogP contribution in [-0.2, 0) is 15.3 Å². The van der Waals surface area contributed by atoms with Crippen molar-refractivity contribution >= 4 is 0 Å². The van der Waals surface area contributed by atoms with Gasteiger partial charge in [0.05, 0.1) is 0 Å². The normalized spacial score (nSPS) is 6.43. The van der Waals surface area contributed by atoms with Gasteiger partial charge >= 0.3 is 25.9 Å². The zero-order valence-electron chi connectivity index (χ0n) is 3.01. The number of hydrogen-bond acceptors (Lipinski definition) is 0. The van der Waals surface area contributed by atoms with E-state index in [0.717, 1.165) is 0 Å². The second-order valence-corrected chi connectivity index (χ2v) is 0.668. The minimum absolute atomic E-state index is 0. The van der Waals surface area contributed by atoms with Gasteiger partial charge in [-0.15, -0.1) is 0 Å². The second-order valence-electron chi connectivity index (χ2n) is 0.162. The van der Waals surface area contributed by atoms with Crippen LogP contribution in [0.2, 0.25) is 0 Å². The zero-order valence-corrected chi connectivity index (χ0v) is 4.19. The van der Waals surface area contributed by atoms with Gasteiger partial charge in [-0.1, -0.05) is 0 Å². The average Bonchev–Trinajstić information content (AvgIpc) is 0.811. The van der Waals surface area contributed by atoms with E-state index in [4.69, 9.17) is 0 Å². The van der Waals surface area contributed by atoms with E-state index in [1.54, 1.807) is 0 Å². The molecule has 0 radical (unpaired) electrons. The molecule has 7 heteroatoms. The predicted octanol–water partition coefficient (Wildman–Crippen LogP) is -1.22. The summed E-state index contributed by atoms with van der Waals surface area (Å²) in [4.78, 5) is 0. The molecule has 0 bridgehead atoms. The Morgan fingerprint density at radius 3 is 0.714 bits per heavy atom. The quantitative estimate of drug-likeness (QED) is 0.403. The van der Waals surface area contributed by atoms with E-state index in [2.05, 4.69) is 0 Å². The SMILES string of the molecule is O.O.O.[F][Mn]([F])[F]. The molecule has 6 N–H and O–H groups in total. The molecule has 0 atom stereocenters. The number of halogens is 3. The summed E-state index contributed by atoms with van der Waals surface area (Å²) in [6.07, 6.45) is 0. The molecule has 0 aromatic carbocycles. The van der Waals surface area contributed by atoms with E-state index >= 15 is 0 Å². The Kier molecular flexibility index (Phi) is 63.4. The summed E-state index contributed by atoms with van der Waals surface area (Å²) < 4.78 is 29.3. The van der Waals surface area contributed by atoms with Crippen molar-refractivity contribution in [2.45, 2.75) is 0 Å². The van der Waals surface area contributed by atoms with Gasteiger partial charge in [0.2, 0.25) is 0 Å². The first-order valence-corrected chi connectivity index (χ1v) is 1.77. The van der Waals surface area contributed by atoms with E-state index in [-0.39, 0.29) is 16.4 Å². The van der Waals surface area contributed by atoms with Crippen LogP contribution in [0.4, 0.5) is 10.7 Å². The number of hydrogen-bond donors (Lipinski definition) is 0. The third-order valence-corrected chi connectivity index (χ3v) is 0. The van der Waals surface area contributed by atoms with E-state index < -0.39 is 15.3 Å². The summed E-state index contributed by atoms with van der Waals surface area (Å²) in [6.45, 7) is 0. The molecule has 0 fully saturated rings. The van der Waals surface area contributed by atoms with Crippen LogP contribution in [0.5, 0.6) is 0 Å². The van der Waals surface area contributed by atoms with Crippen LogP contribution >= 0.6 is 0 Å². The van der Waals surface area contributed by atoms with E-state index in [0.29, 0.717) is 0 Å². The molecular weight excluding hydrogens is 160 g/mol. The molecule has 3 nitrogen and oxygen atoms in total. The number of rotatable bonds is 0. The fourth-order valence-electron chi connectivity index (χ4n) is 0. The first-order chi connectivity index (χ1) is 1.73. The van der Waals surface area contributed by atoms with Crippen molar-refractivity contribution in [2.24, 2.45) is 0 Å². The predicted molar refractivity (Wildman–Crippen MR) is 14.2 cm³/mol. The van der Waals surface area contributed by atoms with Gasteiger partial charge in [-0.05, 0) is 0 Å². The maximum absolute atomic E-state index is 9.77. The molecule has 52 valence electrons. The summed E-state index contributed by atoms with van der Waals surface area (Å²) in [6, 6.07) is 0. The maximum atomic E-state index is 9.77. The van der Waals surface area contributed by atoms with Crippen molar-refractivity contribution < 1.29 is 42.3 Å². The van der Waals surface area contributed by atoms with Gasteiger partial charge in [0.1, 0.15) is 0 Å². The molecule has 0 aliphatic heterocycles. The van der Waals surface area contributed by atoms with Gasteiger partial charge in [0, 0.05) is 0 Å². The van der Waals surface area contributed by atoms with Crippen LogP contribution in [-0.4, -0.2) is 16.4 Å². The summed E-state index contributed by atoms with van der Waals surface area (Å²) in [5.41, 5.74) is 0. The topological polar surface area (TPSA) is 94.5 Å². The van der Waals surface area contributed by atoms with Crippen LogP contribution in [0.3, 0.4) is 0 Å². The molecule has 0 saturated carbocycles. The summed E-state index contributed by atoms with van der Waals surface area (Å²) in [7, 11) is 0. The van der Waals surface area contributed by atoms with Crippen molar-refractivity contribution in [2.75, 3.05) is 0 Å². The Morgan fingerprint density at radius 1 is 0.714 bits per heavy atom. The first-order valence-electron chi connectivity index (χ1n) is 0.429. The van der Waals surface area contributed by atoms with Gasteiger partial charge in [0.25, 0.3) is 0 Å². The Morgan fingerprint density at radius 2 is 0.714 bits per heavy atom. The standard InChI is InChI=1S/3FH.Mn.3H2O/h3*1H;;3*1H2/q;;;+3;;;/p-3. The van der Waals surface area contributed by atoms with E-state index in [1.165, 1.54) is 0 Å². The Labute approximate surface area is 43.3 Å². The minimum atomic E-state index is -4.40. The Bertz CT molecular complexity index is 14.9. The molecule has 0 aliphatic carbocycles. The van der Waals surface area contributed by atoms with Gasteiger partial charge in [-0.25, -0.2) is 0 Å². The van der Waals surface area contributed by atoms with Gasteiger partial charge in [-0.3, -0.25) is 0 Å². The Balaban J connectivity index is -0.0000000150. The molecule has 0 spiro atoms. The van der Waals surface area contributed by atoms with Crippen LogP contribution in [0.15, 0.2) is 0 Å². The monoisotopic (exact) mass is 166 g/mol. The van der Waals surface area contributed by atoms with Crippen molar-refractivity contribution in [3.05, 3.63) is 0 Å². The molecule has 0 heterocycles. The molecule has 0 amide bonds. The van der Waals surface area contributed by atoms with Crippen LogP contribution in [0.25, 0.3) is 0 Å². The Hall–Kier alpha value is 0.189. The summed E-state index contributed by atoms with van der Waals surface area (Å²) in [5.74, 6) is 0. The fourth-order valence-corrected chi connectivity index (χ4v) is 0. The molecule has 0 aromatic heterocycles. The zero-order chi connectivity index (χ0) is 3.58. The van der Waals surface area contributed by atoms with Crippen molar-refractivity contribution in [1.29, 1.82) is 0 Å². The first kappa shape index (κ1) is 27.1. The van der Waals surface area contributed by atoms with Crippen LogP contribution < -0.4 is 0 Å². The molecule has 0 aliphatic rings. The molecule has 7 heavy (non-hydrogen) atoms. The van der Waals surface area contributed by atoms with Gasteiger partial charge in [-0.2, -0.15) is 0 Å². The summed E-state index contributed by atoms with van der Waals surface area (Å²) >= 11 is -4.40. The molecular formula is H6F3MnO3. The van der Waals surface area contributed by atoms with Crippen molar-refractivity contribution in [1.82, 2.24) is 0 Å². The van der Waals surface area contributed by atoms with Crippen LogP contribution in [0.1, 0.15) is 0 Å². The average molecular weight is 166 g/mol.